The van der Waals surface area contributed by atoms with Gasteiger partial charge in [0.1, 0.15) is 0 Å². The largest absolute Gasteiger partial charge is 0.332 e. The molecule has 0 spiro atoms. The highest BCUT2D eigenvalue weighted by Crippen LogP contribution is 2.31. The van der Waals surface area contributed by atoms with E-state index in [-0.39, 0.29) is 16.9 Å². The number of benzene rings is 2. The molecule has 0 aliphatic carbocycles. The molecular weight excluding hydrogens is 424 g/mol. The molecule has 2 aromatic carbocycles. The minimum absolute atomic E-state index is 0.00934. The standard InChI is InChI=1S/C23H20N6O4/c1-4-14-7-5-6-8-17(14)28-18(15-9-11-16(12-10-15)29(32)33)13-27-19-20(24-22(27)28)25(2)23(31)26(3)21(19)30/h5-13H,4H2,1-3H3. The van der Waals surface area contributed by atoms with Crippen LogP contribution in [0.5, 0.6) is 0 Å². The molecule has 0 aliphatic rings. The van der Waals surface area contributed by atoms with Crippen LogP contribution in [-0.4, -0.2) is 28.0 Å². The average Bonchev–Trinajstić information content (AvgIpc) is 3.37. The van der Waals surface area contributed by atoms with E-state index < -0.39 is 16.2 Å². The van der Waals surface area contributed by atoms with Gasteiger partial charge in [0.2, 0.25) is 5.78 Å². The maximum absolute atomic E-state index is 13.0. The van der Waals surface area contributed by atoms with Crippen LogP contribution < -0.4 is 11.2 Å². The van der Waals surface area contributed by atoms with E-state index in [1.165, 1.54) is 23.7 Å². The number of hydrogen-bond acceptors (Lipinski definition) is 5. The van der Waals surface area contributed by atoms with Crippen molar-refractivity contribution in [2.45, 2.75) is 13.3 Å². The summed E-state index contributed by atoms with van der Waals surface area (Å²) in [5, 5.41) is 11.1. The second-order valence-corrected chi connectivity index (χ2v) is 7.80. The Hall–Kier alpha value is -4.47. The molecule has 33 heavy (non-hydrogen) atoms. The van der Waals surface area contributed by atoms with Gasteiger partial charge in [-0.15, -0.1) is 0 Å². The lowest BCUT2D eigenvalue weighted by Gasteiger charge is -2.13. The van der Waals surface area contributed by atoms with E-state index in [4.69, 9.17) is 0 Å². The fourth-order valence-corrected chi connectivity index (χ4v) is 4.19. The van der Waals surface area contributed by atoms with Crippen molar-refractivity contribution in [1.29, 1.82) is 0 Å². The minimum Gasteiger partial charge on any atom is -0.279 e. The third-order valence-corrected chi connectivity index (χ3v) is 5.95. The molecule has 10 heteroatoms. The van der Waals surface area contributed by atoms with Gasteiger partial charge in [-0.05, 0) is 30.2 Å². The van der Waals surface area contributed by atoms with Gasteiger partial charge >= 0.3 is 5.69 Å². The van der Waals surface area contributed by atoms with Crippen LogP contribution in [0.4, 0.5) is 5.69 Å². The molecular formula is C23H20N6O4. The van der Waals surface area contributed by atoms with E-state index in [9.17, 15) is 19.7 Å². The van der Waals surface area contributed by atoms with Crippen LogP contribution in [0.2, 0.25) is 0 Å². The molecule has 0 aliphatic heterocycles. The first-order valence-electron chi connectivity index (χ1n) is 10.4. The van der Waals surface area contributed by atoms with Gasteiger partial charge in [-0.3, -0.25) is 33.0 Å². The summed E-state index contributed by atoms with van der Waals surface area (Å²) in [6.07, 6.45) is 2.55. The molecule has 3 aromatic heterocycles. The number of nitro groups is 1. The van der Waals surface area contributed by atoms with E-state index >= 15 is 0 Å². The van der Waals surface area contributed by atoms with Gasteiger partial charge in [-0.25, -0.2) is 4.79 Å². The van der Waals surface area contributed by atoms with Gasteiger partial charge in [0.05, 0.1) is 16.3 Å². The highest BCUT2D eigenvalue weighted by atomic mass is 16.6. The Kier molecular flexibility index (Phi) is 4.52. The predicted molar refractivity (Wildman–Crippen MR) is 124 cm³/mol. The Bertz CT molecular complexity index is 1690. The number of aryl methyl sites for hydroxylation is 2. The third kappa shape index (κ3) is 2.91. The highest BCUT2D eigenvalue weighted by Gasteiger charge is 2.22. The summed E-state index contributed by atoms with van der Waals surface area (Å²) in [4.78, 5) is 40.8. The van der Waals surface area contributed by atoms with Crippen molar-refractivity contribution >= 4 is 22.6 Å². The molecule has 166 valence electrons. The minimum atomic E-state index is -0.454. The number of para-hydroxylation sites is 1. The number of non-ortho nitro benzene ring substituents is 1. The zero-order valence-corrected chi connectivity index (χ0v) is 18.2. The SMILES string of the molecule is CCc1ccccc1-n1c(-c2ccc([N+](=O)[O-])cc2)cn2c3c(=O)n(C)c(=O)n(C)c3nc12. The molecule has 5 aromatic rings. The molecule has 0 fully saturated rings. The lowest BCUT2D eigenvalue weighted by molar-refractivity contribution is -0.384. The van der Waals surface area contributed by atoms with Crippen LogP contribution >= 0.6 is 0 Å². The normalized spacial score (nSPS) is 11.5. The molecule has 0 saturated carbocycles. The monoisotopic (exact) mass is 444 g/mol. The van der Waals surface area contributed by atoms with Gasteiger partial charge in [0, 0.05) is 38.0 Å². The van der Waals surface area contributed by atoms with Crippen molar-refractivity contribution in [2.24, 2.45) is 14.1 Å². The van der Waals surface area contributed by atoms with E-state index in [1.807, 2.05) is 35.8 Å². The summed E-state index contributed by atoms with van der Waals surface area (Å²) in [5.41, 5.74) is 3.04. The first kappa shape index (κ1) is 20.4. The Labute approximate surface area is 186 Å². The highest BCUT2D eigenvalue weighted by molar-refractivity contribution is 5.80. The van der Waals surface area contributed by atoms with Gasteiger partial charge in [0.25, 0.3) is 11.2 Å². The molecule has 3 heterocycles. The van der Waals surface area contributed by atoms with Gasteiger partial charge in [-0.2, -0.15) is 4.98 Å². The zero-order valence-electron chi connectivity index (χ0n) is 18.2. The zero-order chi connectivity index (χ0) is 23.4. The number of aromatic nitrogens is 5. The van der Waals surface area contributed by atoms with Crippen LogP contribution in [0, 0.1) is 10.1 Å². The molecule has 0 N–H and O–H groups in total. The third-order valence-electron chi connectivity index (χ3n) is 5.95. The van der Waals surface area contributed by atoms with E-state index in [1.54, 1.807) is 29.8 Å². The van der Waals surface area contributed by atoms with Crippen molar-refractivity contribution < 1.29 is 4.92 Å². The second-order valence-electron chi connectivity index (χ2n) is 7.80. The summed E-state index contributed by atoms with van der Waals surface area (Å²) < 4.78 is 6.01. The quantitative estimate of drug-likeness (QED) is 0.313. The molecule has 5 rings (SSSR count). The lowest BCUT2D eigenvalue weighted by atomic mass is 10.1. The summed E-state index contributed by atoms with van der Waals surface area (Å²) in [6.45, 7) is 2.05. The molecule has 10 nitrogen and oxygen atoms in total. The van der Waals surface area contributed by atoms with E-state index in [0.29, 0.717) is 11.5 Å². The molecule has 0 saturated heterocycles. The van der Waals surface area contributed by atoms with Crippen molar-refractivity contribution in [3.8, 4) is 16.9 Å². The number of fused-ring (bicyclic) bond motifs is 3. The summed E-state index contributed by atoms with van der Waals surface area (Å²) in [5.74, 6) is 0.470. The Balaban J connectivity index is 1.93. The van der Waals surface area contributed by atoms with Crippen LogP contribution in [0.15, 0.2) is 64.3 Å². The number of rotatable bonds is 4. The Morgan fingerprint density at radius 2 is 1.70 bits per heavy atom. The number of nitrogens with zero attached hydrogens (tertiary/aromatic N) is 6. The number of nitro benzene ring substituents is 1. The van der Waals surface area contributed by atoms with Crippen molar-refractivity contribution in [1.82, 2.24) is 23.1 Å². The summed E-state index contributed by atoms with van der Waals surface area (Å²) >= 11 is 0. The fourth-order valence-electron chi connectivity index (χ4n) is 4.19. The van der Waals surface area contributed by atoms with Crippen LogP contribution in [0.25, 0.3) is 33.9 Å². The first-order chi connectivity index (χ1) is 15.8. The van der Waals surface area contributed by atoms with Gasteiger partial charge in [0.15, 0.2) is 11.2 Å². The maximum Gasteiger partial charge on any atom is 0.332 e. The smallest absolute Gasteiger partial charge is 0.279 e. The average molecular weight is 444 g/mol. The van der Waals surface area contributed by atoms with Crippen LogP contribution in [-0.2, 0) is 20.5 Å². The number of hydrogen-bond donors (Lipinski definition) is 0. The van der Waals surface area contributed by atoms with E-state index in [0.717, 1.165) is 27.8 Å². The van der Waals surface area contributed by atoms with Crippen LogP contribution in [0.3, 0.4) is 0 Å². The molecule has 0 amide bonds. The molecule has 0 atom stereocenters. The predicted octanol–water partition coefficient (Wildman–Crippen LogP) is 2.81. The fraction of sp³-hybridized carbons (Fsp3) is 0.174. The second kappa shape index (κ2) is 7.30. The Morgan fingerprint density at radius 1 is 1.00 bits per heavy atom. The number of imidazole rings is 2. The topological polar surface area (TPSA) is 109 Å². The van der Waals surface area contributed by atoms with Crippen LogP contribution in [0.1, 0.15) is 12.5 Å². The molecule has 0 unspecified atom stereocenters. The molecule has 0 radical (unpaired) electrons. The van der Waals surface area contributed by atoms with E-state index in [2.05, 4.69) is 4.98 Å². The van der Waals surface area contributed by atoms with Crippen molar-refractivity contribution in [3.05, 3.63) is 91.2 Å². The summed E-state index contributed by atoms with van der Waals surface area (Å²) in [7, 11) is 3.02. The maximum atomic E-state index is 13.0. The Morgan fingerprint density at radius 3 is 2.36 bits per heavy atom. The van der Waals surface area contributed by atoms with Gasteiger partial charge in [-0.1, -0.05) is 25.1 Å². The van der Waals surface area contributed by atoms with Gasteiger partial charge < -0.3 is 0 Å². The summed E-state index contributed by atoms with van der Waals surface area (Å²) in [6, 6.07) is 14.1. The van der Waals surface area contributed by atoms with Crippen molar-refractivity contribution in [2.75, 3.05) is 0 Å². The van der Waals surface area contributed by atoms with Crippen molar-refractivity contribution in [3.63, 3.8) is 0 Å². The first-order valence-corrected chi connectivity index (χ1v) is 10.4. The molecule has 0 bridgehead atoms. The lowest BCUT2D eigenvalue weighted by Crippen LogP contribution is -2.37.